The smallest absolute Gasteiger partial charge is 0.241 e. The molecular weight excluding hydrogens is 316 g/mol. The number of thiophene rings is 1. The van der Waals surface area contributed by atoms with Gasteiger partial charge in [-0.25, -0.2) is 0 Å². The van der Waals surface area contributed by atoms with E-state index in [4.69, 9.17) is 11.6 Å². The van der Waals surface area contributed by atoms with Crippen molar-refractivity contribution in [2.24, 2.45) is 0 Å². The molecule has 1 N–H and O–H groups in total. The number of hydrogen-bond acceptors (Lipinski definition) is 3. The Hall–Kier alpha value is -1.36. The first-order chi connectivity index (χ1) is 10.5. The van der Waals surface area contributed by atoms with Crippen LogP contribution in [0.1, 0.15) is 24.3 Å². The monoisotopic (exact) mass is 336 g/mol. The van der Waals surface area contributed by atoms with Gasteiger partial charge in [0.15, 0.2) is 0 Å². The predicted molar refractivity (Wildman–Crippen MR) is 94.7 cm³/mol. The SMILES string of the molecule is CCN(Cc1cccs1)C(C)C(=O)Nc1cccc(Cl)c1C. The predicted octanol–water partition coefficient (Wildman–Crippen LogP) is 4.56. The minimum atomic E-state index is -0.203. The molecule has 1 heterocycles. The highest BCUT2D eigenvalue weighted by Gasteiger charge is 2.21. The van der Waals surface area contributed by atoms with Gasteiger partial charge in [0.25, 0.3) is 0 Å². The van der Waals surface area contributed by atoms with Gasteiger partial charge < -0.3 is 5.32 Å². The van der Waals surface area contributed by atoms with Gasteiger partial charge in [-0.2, -0.15) is 0 Å². The number of carbonyl (C=O) groups excluding carboxylic acids is 1. The third-order valence-corrected chi connectivity index (χ3v) is 5.07. The molecule has 0 saturated carbocycles. The van der Waals surface area contributed by atoms with Crippen molar-refractivity contribution >= 4 is 34.5 Å². The van der Waals surface area contributed by atoms with E-state index in [1.807, 2.05) is 38.1 Å². The van der Waals surface area contributed by atoms with Crippen molar-refractivity contribution in [3.05, 3.63) is 51.2 Å². The minimum absolute atomic E-state index is 0.0104. The molecule has 0 aliphatic heterocycles. The molecule has 1 atom stereocenters. The summed E-state index contributed by atoms with van der Waals surface area (Å²) in [5, 5.41) is 5.71. The maximum Gasteiger partial charge on any atom is 0.241 e. The Kier molecular flexibility index (Phi) is 6.00. The third-order valence-electron chi connectivity index (χ3n) is 3.80. The summed E-state index contributed by atoms with van der Waals surface area (Å²) in [6, 6.07) is 9.48. The molecule has 1 aromatic heterocycles. The summed E-state index contributed by atoms with van der Waals surface area (Å²) >= 11 is 7.81. The first kappa shape index (κ1) is 17.0. The molecule has 0 radical (unpaired) electrons. The molecule has 0 aliphatic rings. The van der Waals surface area contributed by atoms with Gasteiger partial charge in [0.05, 0.1) is 6.04 Å². The highest BCUT2D eigenvalue weighted by Crippen LogP contribution is 2.23. The molecule has 2 rings (SSSR count). The van der Waals surface area contributed by atoms with Crippen LogP contribution >= 0.6 is 22.9 Å². The molecule has 22 heavy (non-hydrogen) atoms. The third kappa shape index (κ3) is 4.09. The van der Waals surface area contributed by atoms with Crippen molar-refractivity contribution in [1.82, 2.24) is 4.90 Å². The topological polar surface area (TPSA) is 32.3 Å². The number of amides is 1. The van der Waals surface area contributed by atoms with Crippen molar-refractivity contribution < 1.29 is 4.79 Å². The molecule has 0 fully saturated rings. The van der Waals surface area contributed by atoms with Gasteiger partial charge in [0.2, 0.25) is 5.91 Å². The maximum absolute atomic E-state index is 12.5. The summed E-state index contributed by atoms with van der Waals surface area (Å²) in [5.41, 5.74) is 1.67. The first-order valence-electron chi connectivity index (χ1n) is 7.35. The van der Waals surface area contributed by atoms with E-state index in [0.29, 0.717) is 5.02 Å². The van der Waals surface area contributed by atoms with E-state index in [9.17, 15) is 4.79 Å². The van der Waals surface area contributed by atoms with Gasteiger partial charge in [0, 0.05) is 22.1 Å². The lowest BCUT2D eigenvalue weighted by molar-refractivity contribution is -0.120. The van der Waals surface area contributed by atoms with Crippen LogP contribution in [0.3, 0.4) is 0 Å². The lowest BCUT2D eigenvalue weighted by atomic mass is 10.2. The van der Waals surface area contributed by atoms with Crippen molar-refractivity contribution in [2.75, 3.05) is 11.9 Å². The van der Waals surface area contributed by atoms with Crippen LogP contribution in [0.15, 0.2) is 35.7 Å². The summed E-state index contributed by atoms with van der Waals surface area (Å²) in [6.07, 6.45) is 0. The van der Waals surface area contributed by atoms with Crippen LogP contribution in [0.4, 0.5) is 5.69 Å². The van der Waals surface area contributed by atoms with Gasteiger partial charge in [-0.3, -0.25) is 9.69 Å². The van der Waals surface area contributed by atoms with E-state index in [-0.39, 0.29) is 11.9 Å². The Morgan fingerprint density at radius 1 is 1.36 bits per heavy atom. The molecule has 2 aromatic rings. The van der Waals surface area contributed by atoms with Crippen LogP contribution in [-0.4, -0.2) is 23.4 Å². The molecule has 0 bridgehead atoms. The minimum Gasteiger partial charge on any atom is -0.324 e. The normalized spacial score (nSPS) is 12.4. The van der Waals surface area contributed by atoms with E-state index >= 15 is 0 Å². The molecule has 5 heteroatoms. The quantitative estimate of drug-likeness (QED) is 0.838. The van der Waals surface area contributed by atoms with Crippen molar-refractivity contribution in [1.29, 1.82) is 0 Å². The fourth-order valence-corrected chi connectivity index (χ4v) is 3.18. The number of benzene rings is 1. The van der Waals surface area contributed by atoms with Crippen LogP contribution in [-0.2, 0) is 11.3 Å². The van der Waals surface area contributed by atoms with E-state index in [1.165, 1.54) is 4.88 Å². The number of likely N-dealkylation sites (N-methyl/N-ethyl adjacent to an activating group) is 1. The van der Waals surface area contributed by atoms with Gasteiger partial charge in [-0.15, -0.1) is 11.3 Å². The highest BCUT2D eigenvalue weighted by atomic mass is 35.5. The van der Waals surface area contributed by atoms with Gasteiger partial charge in [-0.1, -0.05) is 30.7 Å². The zero-order chi connectivity index (χ0) is 16.1. The maximum atomic E-state index is 12.5. The molecule has 0 aliphatic carbocycles. The summed E-state index contributed by atoms with van der Waals surface area (Å²) in [5.74, 6) is -0.0104. The number of carbonyl (C=O) groups is 1. The summed E-state index contributed by atoms with van der Waals surface area (Å²) < 4.78 is 0. The second-order valence-corrected chi connectivity index (χ2v) is 6.66. The lowest BCUT2D eigenvalue weighted by Crippen LogP contribution is -2.41. The largest absolute Gasteiger partial charge is 0.324 e. The van der Waals surface area contributed by atoms with Crippen molar-refractivity contribution in [3.63, 3.8) is 0 Å². The molecule has 3 nitrogen and oxygen atoms in total. The molecular formula is C17H21ClN2OS. The fourth-order valence-electron chi connectivity index (χ4n) is 2.27. The number of halogens is 1. The summed E-state index contributed by atoms with van der Waals surface area (Å²) in [6.45, 7) is 7.53. The van der Waals surface area contributed by atoms with E-state index in [1.54, 1.807) is 11.3 Å². The molecule has 118 valence electrons. The van der Waals surface area contributed by atoms with Crippen LogP contribution in [0.25, 0.3) is 0 Å². The van der Waals surface area contributed by atoms with Crippen LogP contribution in [0.5, 0.6) is 0 Å². The Labute approximate surface area is 140 Å². The Morgan fingerprint density at radius 2 is 2.14 bits per heavy atom. The van der Waals surface area contributed by atoms with E-state index in [0.717, 1.165) is 24.3 Å². The Morgan fingerprint density at radius 3 is 2.77 bits per heavy atom. The average molecular weight is 337 g/mol. The van der Waals surface area contributed by atoms with Gasteiger partial charge >= 0.3 is 0 Å². The van der Waals surface area contributed by atoms with E-state index in [2.05, 4.69) is 28.6 Å². The summed E-state index contributed by atoms with van der Waals surface area (Å²) in [7, 11) is 0. The Balaban J connectivity index is 2.05. The Bertz CT molecular complexity index is 628. The number of nitrogens with one attached hydrogen (secondary N) is 1. The average Bonchev–Trinajstić information content (AvgIpc) is 3.01. The fraction of sp³-hybridized carbons (Fsp3) is 0.353. The standard InChI is InChI=1S/C17H21ClN2OS/c1-4-20(11-14-7-6-10-22-14)13(3)17(21)19-16-9-5-8-15(18)12(16)2/h5-10,13H,4,11H2,1-3H3,(H,19,21). The number of nitrogens with zero attached hydrogens (tertiary/aromatic N) is 1. The molecule has 1 unspecified atom stereocenters. The van der Waals surface area contributed by atoms with Crippen LogP contribution in [0, 0.1) is 6.92 Å². The summed E-state index contributed by atoms with van der Waals surface area (Å²) in [4.78, 5) is 15.9. The molecule has 1 amide bonds. The second kappa shape index (κ2) is 7.77. The molecule has 0 saturated heterocycles. The second-order valence-electron chi connectivity index (χ2n) is 5.22. The highest BCUT2D eigenvalue weighted by molar-refractivity contribution is 7.09. The lowest BCUT2D eigenvalue weighted by Gasteiger charge is -2.26. The molecule has 0 spiro atoms. The van der Waals surface area contributed by atoms with Gasteiger partial charge in [0.1, 0.15) is 0 Å². The number of hydrogen-bond donors (Lipinski definition) is 1. The van der Waals surface area contributed by atoms with Crippen LogP contribution in [0.2, 0.25) is 5.02 Å². The number of rotatable bonds is 6. The van der Waals surface area contributed by atoms with E-state index < -0.39 is 0 Å². The van der Waals surface area contributed by atoms with Crippen molar-refractivity contribution in [2.45, 2.75) is 33.4 Å². The molecule has 1 aromatic carbocycles. The van der Waals surface area contributed by atoms with Crippen LogP contribution < -0.4 is 5.32 Å². The van der Waals surface area contributed by atoms with Gasteiger partial charge in [-0.05, 0) is 49.5 Å². The zero-order valence-electron chi connectivity index (χ0n) is 13.1. The zero-order valence-corrected chi connectivity index (χ0v) is 14.7. The number of anilines is 1. The first-order valence-corrected chi connectivity index (χ1v) is 8.61. The van der Waals surface area contributed by atoms with Crippen molar-refractivity contribution in [3.8, 4) is 0 Å².